The molecule has 0 aliphatic heterocycles. The van der Waals surface area contributed by atoms with Gasteiger partial charge in [-0.3, -0.25) is 0 Å². The van der Waals surface area contributed by atoms with E-state index in [-0.39, 0.29) is 0 Å². The number of para-hydroxylation sites is 1. The van der Waals surface area contributed by atoms with Crippen LogP contribution in [0.5, 0.6) is 0 Å². The lowest BCUT2D eigenvalue weighted by atomic mass is 10.1. The summed E-state index contributed by atoms with van der Waals surface area (Å²) in [6.07, 6.45) is 0.987. The van der Waals surface area contributed by atoms with E-state index in [0.717, 1.165) is 42.7 Å². The molecule has 0 saturated heterocycles. The first kappa shape index (κ1) is 16.2. The smallest absolute Gasteiger partial charge is 0.136 e. The van der Waals surface area contributed by atoms with Crippen LogP contribution in [0.15, 0.2) is 30.3 Å². The van der Waals surface area contributed by atoms with Gasteiger partial charge < -0.3 is 15.5 Å². The average Bonchev–Trinajstić information content (AvgIpc) is 2.47. The highest BCUT2D eigenvalue weighted by Gasteiger charge is 2.05. The molecule has 0 amide bonds. The number of anilines is 3. The van der Waals surface area contributed by atoms with Crippen LogP contribution in [0, 0.1) is 6.92 Å². The number of aromatic nitrogens is 2. The predicted molar refractivity (Wildman–Crippen MR) is 92.9 cm³/mol. The van der Waals surface area contributed by atoms with Gasteiger partial charge in [0, 0.05) is 24.8 Å². The summed E-state index contributed by atoms with van der Waals surface area (Å²) in [7, 11) is 4.11. The summed E-state index contributed by atoms with van der Waals surface area (Å²) >= 11 is 0. The maximum absolute atomic E-state index is 4.48. The van der Waals surface area contributed by atoms with Crippen LogP contribution in [0.3, 0.4) is 0 Å². The Kier molecular flexibility index (Phi) is 5.72. The molecular weight excluding hydrogens is 274 g/mol. The highest BCUT2D eigenvalue weighted by Crippen LogP contribution is 2.21. The number of aryl methyl sites for hydroxylation is 2. The number of rotatable bonds is 7. The van der Waals surface area contributed by atoms with Gasteiger partial charge in [-0.25, -0.2) is 9.97 Å². The van der Waals surface area contributed by atoms with Crippen molar-refractivity contribution in [3.05, 3.63) is 41.7 Å². The molecule has 5 nitrogen and oxygen atoms in total. The zero-order valence-corrected chi connectivity index (χ0v) is 13.8. The van der Waals surface area contributed by atoms with E-state index in [1.54, 1.807) is 0 Å². The quantitative estimate of drug-likeness (QED) is 0.823. The van der Waals surface area contributed by atoms with Crippen molar-refractivity contribution in [3.63, 3.8) is 0 Å². The van der Waals surface area contributed by atoms with Crippen LogP contribution in [0.2, 0.25) is 0 Å². The van der Waals surface area contributed by atoms with E-state index in [2.05, 4.69) is 64.7 Å². The van der Waals surface area contributed by atoms with Crippen LogP contribution in [0.4, 0.5) is 17.3 Å². The van der Waals surface area contributed by atoms with Crippen molar-refractivity contribution in [3.8, 4) is 0 Å². The lowest BCUT2D eigenvalue weighted by Gasteiger charge is -2.14. The molecule has 2 rings (SSSR count). The summed E-state index contributed by atoms with van der Waals surface area (Å²) in [5, 5.41) is 6.74. The molecule has 1 aromatic carbocycles. The van der Waals surface area contributed by atoms with Crippen LogP contribution < -0.4 is 10.6 Å². The number of nitrogens with zero attached hydrogens (tertiary/aromatic N) is 3. The molecule has 0 aliphatic carbocycles. The normalized spacial score (nSPS) is 10.8. The molecule has 2 N–H and O–H groups in total. The summed E-state index contributed by atoms with van der Waals surface area (Å²) in [5.41, 5.74) is 2.38. The predicted octanol–water partition coefficient (Wildman–Crippen LogP) is 3.06. The second-order valence-electron chi connectivity index (χ2n) is 5.55. The number of likely N-dealkylation sites (N-methyl/N-ethyl adjacent to an activating group) is 1. The minimum Gasteiger partial charge on any atom is -0.369 e. The van der Waals surface area contributed by atoms with Gasteiger partial charge in [-0.05, 0) is 39.1 Å². The average molecular weight is 299 g/mol. The third-order valence-corrected chi connectivity index (χ3v) is 3.36. The maximum atomic E-state index is 4.48. The van der Waals surface area contributed by atoms with Crippen molar-refractivity contribution in [2.45, 2.75) is 20.3 Å². The molecule has 0 bridgehead atoms. The fourth-order valence-electron chi connectivity index (χ4n) is 2.22. The molecule has 0 aliphatic rings. The third kappa shape index (κ3) is 4.70. The van der Waals surface area contributed by atoms with Crippen molar-refractivity contribution in [1.29, 1.82) is 0 Å². The van der Waals surface area contributed by atoms with Crippen LogP contribution in [0.1, 0.15) is 18.3 Å². The Labute approximate surface area is 132 Å². The van der Waals surface area contributed by atoms with Gasteiger partial charge in [0.05, 0.1) is 0 Å². The molecule has 0 unspecified atom stereocenters. The maximum Gasteiger partial charge on any atom is 0.136 e. The van der Waals surface area contributed by atoms with Crippen molar-refractivity contribution in [2.75, 3.05) is 37.8 Å². The fourth-order valence-corrected chi connectivity index (χ4v) is 2.22. The molecule has 22 heavy (non-hydrogen) atoms. The molecule has 0 spiro atoms. The summed E-state index contributed by atoms with van der Waals surface area (Å²) in [6, 6.07) is 10.3. The molecule has 2 aromatic rings. The van der Waals surface area contributed by atoms with Gasteiger partial charge in [0.1, 0.15) is 17.5 Å². The first-order chi connectivity index (χ1) is 10.6. The molecule has 0 radical (unpaired) electrons. The molecule has 1 heterocycles. The zero-order valence-electron chi connectivity index (χ0n) is 13.8. The Bertz CT molecular complexity index is 610. The highest BCUT2D eigenvalue weighted by molar-refractivity contribution is 5.62. The lowest BCUT2D eigenvalue weighted by molar-refractivity contribution is 0.425. The van der Waals surface area contributed by atoms with Crippen LogP contribution in [0.25, 0.3) is 0 Å². The summed E-state index contributed by atoms with van der Waals surface area (Å²) in [4.78, 5) is 11.0. The van der Waals surface area contributed by atoms with E-state index in [1.165, 1.54) is 5.56 Å². The summed E-state index contributed by atoms with van der Waals surface area (Å²) in [6.45, 7) is 5.88. The van der Waals surface area contributed by atoms with E-state index in [0.29, 0.717) is 0 Å². The number of hydrogen-bond donors (Lipinski definition) is 2. The molecular formula is C17H25N5. The van der Waals surface area contributed by atoms with Crippen LogP contribution in [-0.4, -0.2) is 42.1 Å². The minimum atomic E-state index is 0.756. The Morgan fingerprint density at radius 2 is 1.82 bits per heavy atom. The van der Waals surface area contributed by atoms with Gasteiger partial charge in [0.2, 0.25) is 0 Å². The lowest BCUT2D eigenvalue weighted by Crippen LogP contribution is -2.21. The van der Waals surface area contributed by atoms with Gasteiger partial charge in [0.15, 0.2) is 0 Å². The SMILES string of the molecule is CCc1ccccc1Nc1cc(NCCN(C)C)nc(C)n1. The number of hydrogen-bond acceptors (Lipinski definition) is 5. The molecule has 0 saturated carbocycles. The second-order valence-corrected chi connectivity index (χ2v) is 5.55. The van der Waals surface area contributed by atoms with Gasteiger partial charge in [-0.2, -0.15) is 0 Å². The Balaban J connectivity index is 2.12. The van der Waals surface area contributed by atoms with Crippen LogP contribution in [-0.2, 0) is 6.42 Å². The van der Waals surface area contributed by atoms with E-state index >= 15 is 0 Å². The van der Waals surface area contributed by atoms with Crippen molar-refractivity contribution < 1.29 is 0 Å². The Morgan fingerprint density at radius 1 is 1.09 bits per heavy atom. The fraction of sp³-hybridized carbons (Fsp3) is 0.412. The molecule has 5 heteroatoms. The Hall–Kier alpha value is -2.14. The third-order valence-electron chi connectivity index (χ3n) is 3.36. The monoisotopic (exact) mass is 299 g/mol. The van der Waals surface area contributed by atoms with E-state index in [9.17, 15) is 0 Å². The van der Waals surface area contributed by atoms with Crippen molar-refractivity contribution >= 4 is 17.3 Å². The summed E-state index contributed by atoms with van der Waals surface area (Å²) in [5.74, 6) is 2.43. The van der Waals surface area contributed by atoms with E-state index in [1.807, 2.05) is 19.1 Å². The van der Waals surface area contributed by atoms with Crippen LogP contribution >= 0.6 is 0 Å². The first-order valence-electron chi connectivity index (χ1n) is 7.67. The van der Waals surface area contributed by atoms with E-state index < -0.39 is 0 Å². The number of benzene rings is 1. The number of nitrogens with one attached hydrogen (secondary N) is 2. The van der Waals surface area contributed by atoms with Gasteiger partial charge in [0.25, 0.3) is 0 Å². The van der Waals surface area contributed by atoms with E-state index in [4.69, 9.17) is 0 Å². The topological polar surface area (TPSA) is 53.1 Å². The first-order valence-corrected chi connectivity index (χ1v) is 7.67. The van der Waals surface area contributed by atoms with Crippen molar-refractivity contribution in [1.82, 2.24) is 14.9 Å². The Morgan fingerprint density at radius 3 is 2.55 bits per heavy atom. The van der Waals surface area contributed by atoms with Gasteiger partial charge in [-0.1, -0.05) is 25.1 Å². The van der Waals surface area contributed by atoms with Gasteiger partial charge >= 0.3 is 0 Å². The largest absolute Gasteiger partial charge is 0.369 e. The molecule has 118 valence electrons. The molecule has 1 aromatic heterocycles. The van der Waals surface area contributed by atoms with Gasteiger partial charge in [-0.15, -0.1) is 0 Å². The highest BCUT2D eigenvalue weighted by atomic mass is 15.1. The minimum absolute atomic E-state index is 0.756. The molecule has 0 atom stereocenters. The van der Waals surface area contributed by atoms with Crippen molar-refractivity contribution in [2.24, 2.45) is 0 Å². The second kappa shape index (κ2) is 7.75. The standard InChI is InChI=1S/C17H25N5/c1-5-14-8-6-7-9-15(14)21-17-12-16(19-13(2)20-17)18-10-11-22(3)4/h6-9,12H,5,10-11H2,1-4H3,(H2,18,19,20,21). The zero-order chi connectivity index (χ0) is 15.9. The summed E-state index contributed by atoms with van der Waals surface area (Å²) < 4.78 is 0. The molecule has 0 fully saturated rings.